The van der Waals surface area contributed by atoms with Crippen molar-refractivity contribution in [3.05, 3.63) is 71.6 Å². The summed E-state index contributed by atoms with van der Waals surface area (Å²) < 4.78 is 15.6. The zero-order valence-electron chi connectivity index (χ0n) is 15.5. The molecule has 4 nitrogen and oxygen atoms in total. The predicted octanol–water partition coefficient (Wildman–Crippen LogP) is 4.02. The molecule has 3 aromatic rings. The van der Waals surface area contributed by atoms with Crippen molar-refractivity contribution < 1.29 is 9.18 Å². The van der Waals surface area contributed by atoms with Crippen molar-refractivity contribution in [2.75, 3.05) is 6.54 Å². The molecule has 1 N–H and O–H groups in total. The molecule has 5 heteroatoms. The van der Waals surface area contributed by atoms with E-state index in [2.05, 4.69) is 10.3 Å². The number of rotatable bonds is 7. The van der Waals surface area contributed by atoms with Gasteiger partial charge in [0.2, 0.25) is 5.91 Å². The van der Waals surface area contributed by atoms with Gasteiger partial charge in [-0.2, -0.15) is 0 Å². The van der Waals surface area contributed by atoms with Gasteiger partial charge in [-0.3, -0.25) is 4.79 Å². The molecule has 0 radical (unpaired) electrons. The minimum atomic E-state index is -0.190. The summed E-state index contributed by atoms with van der Waals surface area (Å²) >= 11 is 0. The maximum Gasteiger partial charge on any atom is 0.220 e. The monoisotopic (exact) mass is 365 g/mol. The van der Waals surface area contributed by atoms with E-state index in [0.717, 1.165) is 29.7 Å². The number of amides is 1. The molecule has 2 aromatic heterocycles. The molecule has 27 heavy (non-hydrogen) atoms. The lowest BCUT2D eigenvalue weighted by atomic mass is 9.89. The second kappa shape index (κ2) is 7.51. The Morgan fingerprint density at radius 1 is 1.33 bits per heavy atom. The molecule has 4 rings (SSSR count). The van der Waals surface area contributed by atoms with Crippen molar-refractivity contribution in [3.63, 3.8) is 0 Å². The van der Waals surface area contributed by atoms with Crippen LogP contribution in [0.25, 0.3) is 5.52 Å². The summed E-state index contributed by atoms with van der Waals surface area (Å²) in [7, 11) is 0. The fraction of sp³-hybridized carbons (Fsp3) is 0.364. The largest absolute Gasteiger partial charge is 0.356 e. The van der Waals surface area contributed by atoms with Gasteiger partial charge in [0, 0.05) is 25.6 Å². The average Bonchev–Trinajstić information content (AvgIpc) is 3.43. The number of nitrogens with one attached hydrogen (secondary N) is 1. The van der Waals surface area contributed by atoms with Gasteiger partial charge in [0.25, 0.3) is 0 Å². The summed E-state index contributed by atoms with van der Waals surface area (Å²) in [6, 6.07) is 11.2. The van der Waals surface area contributed by atoms with Gasteiger partial charge in [-0.05, 0) is 60.9 Å². The number of carbonyl (C=O) groups is 1. The molecule has 1 saturated carbocycles. The van der Waals surface area contributed by atoms with E-state index < -0.39 is 0 Å². The number of fused-ring (bicyclic) bond motifs is 1. The van der Waals surface area contributed by atoms with Gasteiger partial charge in [0.05, 0.1) is 11.7 Å². The second-order valence-electron chi connectivity index (χ2n) is 7.43. The van der Waals surface area contributed by atoms with Crippen molar-refractivity contribution >= 4 is 11.4 Å². The first kappa shape index (κ1) is 17.7. The fourth-order valence-electron chi connectivity index (χ4n) is 3.72. The second-order valence-corrected chi connectivity index (χ2v) is 7.43. The van der Waals surface area contributed by atoms with Crippen molar-refractivity contribution in [3.8, 4) is 0 Å². The van der Waals surface area contributed by atoms with Gasteiger partial charge in [0.15, 0.2) is 0 Å². The molecule has 2 heterocycles. The SMILES string of the molecule is Cc1cc(C(CC(=O)NCCc2ncc3ccccn23)C2CC2)ccc1F. The van der Waals surface area contributed by atoms with E-state index in [0.29, 0.717) is 30.9 Å². The molecular weight excluding hydrogens is 341 g/mol. The Morgan fingerprint density at radius 2 is 2.19 bits per heavy atom. The van der Waals surface area contributed by atoms with Gasteiger partial charge in [-0.25, -0.2) is 9.37 Å². The van der Waals surface area contributed by atoms with Crippen LogP contribution in [-0.2, 0) is 11.2 Å². The fourth-order valence-corrected chi connectivity index (χ4v) is 3.72. The minimum Gasteiger partial charge on any atom is -0.356 e. The molecule has 0 saturated heterocycles. The smallest absolute Gasteiger partial charge is 0.220 e. The maximum atomic E-state index is 13.6. The van der Waals surface area contributed by atoms with Gasteiger partial charge in [-0.15, -0.1) is 0 Å². The number of imidazole rings is 1. The Labute approximate surface area is 158 Å². The van der Waals surface area contributed by atoms with Gasteiger partial charge in [-0.1, -0.05) is 18.2 Å². The number of halogens is 1. The van der Waals surface area contributed by atoms with Crippen LogP contribution in [-0.4, -0.2) is 21.8 Å². The zero-order chi connectivity index (χ0) is 18.8. The summed E-state index contributed by atoms with van der Waals surface area (Å²) in [5.41, 5.74) is 2.77. The van der Waals surface area contributed by atoms with E-state index in [1.165, 1.54) is 6.07 Å². The molecule has 1 atom stereocenters. The molecule has 140 valence electrons. The number of carbonyl (C=O) groups excluding carboxylic acids is 1. The van der Waals surface area contributed by atoms with Crippen molar-refractivity contribution in [2.24, 2.45) is 5.92 Å². The van der Waals surface area contributed by atoms with E-state index in [1.807, 2.05) is 47.1 Å². The van der Waals surface area contributed by atoms with Crippen LogP contribution >= 0.6 is 0 Å². The molecule has 0 bridgehead atoms. The van der Waals surface area contributed by atoms with E-state index in [1.54, 1.807) is 6.92 Å². The number of pyridine rings is 1. The van der Waals surface area contributed by atoms with E-state index >= 15 is 0 Å². The molecule has 1 aliphatic rings. The molecule has 1 unspecified atom stereocenters. The quantitative estimate of drug-likeness (QED) is 0.687. The van der Waals surface area contributed by atoms with Crippen LogP contribution < -0.4 is 5.32 Å². The highest BCUT2D eigenvalue weighted by atomic mass is 19.1. The average molecular weight is 365 g/mol. The first-order valence-electron chi connectivity index (χ1n) is 9.55. The van der Waals surface area contributed by atoms with Gasteiger partial charge in [0.1, 0.15) is 11.6 Å². The lowest BCUT2D eigenvalue weighted by molar-refractivity contribution is -0.121. The number of benzene rings is 1. The Hall–Kier alpha value is -2.69. The molecule has 1 fully saturated rings. The highest BCUT2D eigenvalue weighted by Crippen LogP contribution is 2.44. The Kier molecular flexibility index (Phi) is 4.92. The number of aryl methyl sites for hydroxylation is 1. The first-order valence-corrected chi connectivity index (χ1v) is 9.55. The topological polar surface area (TPSA) is 46.4 Å². The summed E-state index contributed by atoms with van der Waals surface area (Å²) in [4.78, 5) is 16.9. The minimum absolute atomic E-state index is 0.0507. The lowest BCUT2D eigenvalue weighted by Gasteiger charge is -2.17. The van der Waals surface area contributed by atoms with Crippen LogP contribution in [0.1, 0.15) is 42.1 Å². The normalized spacial score (nSPS) is 15.0. The molecule has 0 spiro atoms. The van der Waals surface area contributed by atoms with E-state index in [-0.39, 0.29) is 17.6 Å². The third-order valence-corrected chi connectivity index (χ3v) is 5.39. The summed E-state index contributed by atoms with van der Waals surface area (Å²) in [6.07, 6.45) is 7.27. The zero-order valence-corrected chi connectivity index (χ0v) is 15.5. The molecule has 0 aliphatic heterocycles. The first-order chi connectivity index (χ1) is 13.1. The number of hydrogen-bond donors (Lipinski definition) is 1. The van der Waals surface area contributed by atoms with Crippen molar-refractivity contribution in [2.45, 2.75) is 38.5 Å². The van der Waals surface area contributed by atoms with Gasteiger partial charge < -0.3 is 9.72 Å². The van der Waals surface area contributed by atoms with E-state index in [4.69, 9.17) is 0 Å². The number of hydrogen-bond acceptors (Lipinski definition) is 2. The number of aromatic nitrogens is 2. The molecule has 1 aromatic carbocycles. The number of nitrogens with zero attached hydrogens (tertiary/aromatic N) is 2. The maximum absolute atomic E-state index is 13.6. The Morgan fingerprint density at radius 3 is 2.96 bits per heavy atom. The Bertz CT molecular complexity index is 961. The lowest BCUT2D eigenvalue weighted by Crippen LogP contribution is -2.28. The van der Waals surface area contributed by atoms with Crippen molar-refractivity contribution in [1.29, 1.82) is 0 Å². The summed E-state index contributed by atoms with van der Waals surface area (Å²) in [5.74, 6) is 1.52. The Balaban J connectivity index is 1.35. The third-order valence-electron chi connectivity index (χ3n) is 5.39. The van der Waals surface area contributed by atoms with Crippen molar-refractivity contribution in [1.82, 2.24) is 14.7 Å². The predicted molar refractivity (Wildman–Crippen MR) is 103 cm³/mol. The van der Waals surface area contributed by atoms with Crippen LogP contribution in [0, 0.1) is 18.7 Å². The van der Waals surface area contributed by atoms with Crippen LogP contribution in [0.4, 0.5) is 4.39 Å². The third kappa shape index (κ3) is 4.02. The van der Waals surface area contributed by atoms with Crippen LogP contribution in [0.15, 0.2) is 48.8 Å². The van der Waals surface area contributed by atoms with Crippen LogP contribution in [0.5, 0.6) is 0 Å². The summed E-state index contributed by atoms with van der Waals surface area (Å²) in [6.45, 7) is 2.34. The summed E-state index contributed by atoms with van der Waals surface area (Å²) in [5, 5.41) is 3.03. The highest BCUT2D eigenvalue weighted by molar-refractivity contribution is 5.77. The van der Waals surface area contributed by atoms with Crippen LogP contribution in [0.3, 0.4) is 0 Å². The highest BCUT2D eigenvalue weighted by Gasteiger charge is 2.33. The van der Waals surface area contributed by atoms with Gasteiger partial charge >= 0.3 is 0 Å². The molecule has 1 aliphatic carbocycles. The van der Waals surface area contributed by atoms with E-state index in [9.17, 15) is 9.18 Å². The molecule has 1 amide bonds. The molecular formula is C22H24FN3O. The standard InChI is InChI=1S/C22H24FN3O/c1-15-12-17(7-8-20(15)23)19(16-5-6-16)13-22(27)24-10-9-21-25-14-18-4-2-3-11-26(18)21/h2-4,7-8,11-12,14,16,19H,5-6,9-10,13H2,1H3,(H,24,27). The van der Waals surface area contributed by atoms with Crippen LogP contribution in [0.2, 0.25) is 0 Å².